The number of thiocarbonyl (C=S) groups is 1. The summed E-state index contributed by atoms with van der Waals surface area (Å²) in [6.07, 6.45) is 4.28. The van der Waals surface area contributed by atoms with Crippen molar-refractivity contribution >= 4 is 42.0 Å². The molecule has 2 aliphatic rings. The lowest BCUT2D eigenvalue weighted by Gasteiger charge is -2.30. The molecule has 3 aromatic carbocycles. The molecule has 10 heteroatoms. The van der Waals surface area contributed by atoms with Crippen LogP contribution in [0.15, 0.2) is 106 Å². The van der Waals surface area contributed by atoms with Crippen LogP contribution in [0.2, 0.25) is 0 Å². The van der Waals surface area contributed by atoms with Crippen LogP contribution < -0.4 is 4.74 Å². The molecule has 5 rings (SSSR count). The summed E-state index contributed by atoms with van der Waals surface area (Å²) in [5, 5.41) is 0. The first-order valence-corrected chi connectivity index (χ1v) is 14.9. The van der Waals surface area contributed by atoms with Crippen molar-refractivity contribution in [1.29, 1.82) is 0 Å². The molecule has 196 valence electrons. The van der Waals surface area contributed by atoms with Gasteiger partial charge < -0.3 is 4.74 Å². The Labute approximate surface area is 225 Å². The first kappa shape index (κ1) is 26.6. The number of aryl methyl sites for hydroxylation is 2. The molecule has 3 aromatic rings. The molecule has 38 heavy (non-hydrogen) atoms. The number of ether oxygens (including phenoxy) is 1. The Bertz CT molecular complexity index is 1600. The van der Waals surface area contributed by atoms with Crippen LogP contribution in [0.3, 0.4) is 0 Å². The normalized spacial score (nSPS) is 17.4. The quantitative estimate of drug-likeness (QED) is 0.202. The number of rotatable bonds is 4. The third-order valence-corrected chi connectivity index (χ3v) is 11.5. The highest BCUT2D eigenvalue weighted by atomic mass is 32.3. The van der Waals surface area contributed by atoms with Crippen molar-refractivity contribution < 1.29 is 30.0 Å². The van der Waals surface area contributed by atoms with E-state index in [1.807, 2.05) is 26.0 Å². The van der Waals surface area contributed by atoms with Crippen molar-refractivity contribution in [2.24, 2.45) is 0 Å². The largest absolute Gasteiger partial charge is 0.527 e. The number of hydrogen-bond donors (Lipinski definition) is 0. The fraction of sp³-hybridized carbons (Fsp3) is 0.143. The van der Waals surface area contributed by atoms with Crippen LogP contribution in [-0.4, -0.2) is 29.8 Å². The second-order valence-corrected chi connectivity index (χ2v) is 13.7. The van der Waals surface area contributed by atoms with Crippen molar-refractivity contribution in [1.82, 2.24) is 0 Å². The van der Waals surface area contributed by atoms with E-state index in [-0.39, 0.29) is 14.7 Å². The van der Waals surface area contributed by atoms with E-state index in [1.54, 1.807) is 78.9 Å². The molecule has 0 spiro atoms. The third-order valence-electron chi connectivity index (χ3n) is 6.20. The molecular weight excluding hydrogens is 553 g/mol. The second kappa shape index (κ2) is 9.60. The Morgan fingerprint density at radius 3 is 2.00 bits per heavy atom. The van der Waals surface area contributed by atoms with Crippen LogP contribution in [0.5, 0.6) is 5.75 Å². The van der Waals surface area contributed by atoms with E-state index >= 15 is 0 Å². The van der Waals surface area contributed by atoms with Crippen LogP contribution >= 0.6 is 12.2 Å². The number of fused-ring (bicyclic) bond motifs is 2. The zero-order valence-electron chi connectivity index (χ0n) is 20.2. The van der Waals surface area contributed by atoms with Crippen molar-refractivity contribution in [3.05, 3.63) is 113 Å². The summed E-state index contributed by atoms with van der Waals surface area (Å²) in [6, 6.07) is 20.5. The van der Waals surface area contributed by atoms with Crippen molar-refractivity contribution in [2.45, 2.75) is 35.3 Å². The maximum Gasteiger partial charge on any atom is 0.527 e. The Kier molecular flexibility index (Phi) is 6.71. The van der Waals surface area contributed by atoms with Crippen LogP contribution in [0.25, 0.3) is 0 Å². The van der Waals surface area contributed by atoms with Crippen molar-refractivity contribution in [3.63, 3.8) is 0 Å². The topological polar surface area (TPSA) is 52.6 Å². The highest BCUT2D eigenvalue weighted by Crippen LogP contribution is 2.41. The second-order valence-electron chi connectivity index (χ2n) is 8.88. The van der Waals surface area contributed by atoms with Gasteiger partial charge in [-0.3, -0.25) is 0 Å². The molecule has 0 N–H and O–H groups in total. The van der Waals surface area contributed by atoms with Gasteiger partial charge in [0, 0.05) is 17.2 Å². The van der Waals surface area contributed by atoms with Crippen LogP contribution in [0, 0.1) is 13.8 Å². The van der Waals surface area contributed by atoms with E-state index in [2.05, 4.69) is 0 Å². The minimum absolute atomic E-state index is 0.245. The van der Waals surface area contributed by atoms with Gasteiger partial charge in [0.05, 0.1) is 4.86 Å². The average Bonchev–Trinajstić information content (AvgIpc) is 2.88. The summed E-state index contributed by atoms with van der Waals surface area (Å²) < 4.78 is 78.2. The maximum absolute atomic E-state index is 13.8. The number of halogens is 3. The van der Waals surface area contributed by atoms with Crippen LogP contribution in [0.1, 0.15) is 16.7 Å². The number of benzene rings is 3. The van der Waals surface area contributed by atoms with Gasteiger partial charge in [-0.2, -0.15) is 21.6 Å². The molecule has 0 aromatic heterocycles. The predicted octanol–water partition coefficient (Wildman–Crippen LogP) is 6.50. The van der Waals surface area contributed by atoms with Crippen molar-refractivity contribution in [2.75, 3.05) is 0 Å². The summed E-state index contributed by atoms with van der Waals surface area (Å²) in [5.74, 6) is 0.597. The summed E-state index contributed by atoms with van der Waals surface area (Å²) in [6.45, 7) is 3.66. The Balaban J connectivity index is 1.87. The number of allylic oxidation sites excluding steroid dienone is 2. The molecule has 0 amide bonds. The highest BCUT2D eigenvalue weighted by molar-refractivity contribution is 8.15. The lowest BCUT2D eigenvalue weighted by molar-refractivity contribution is -0.0496. The van der Waals surface area contributed by atoms with Crippen LogP contribution in [0.4, 0.5) is 13.2 Å². The zero-order valence-corrected chi connectivity index (χ0v) is 22.7. The number of para-hydroxylation sites is 1. The van der Waals surface area contributed by atoms with E-state index in [0.29, 0.717) is 21.8 Å². The molecule has 0 saturated heterocycles. The molecule has 0 radical (unpaired) electrons. The Morgan fingerprint density at radius 1 is 0.895 bits per heavy atom. The highest BCUT2D eigenvalue weighted by Gasteiger charge is 2.55. The third kappa shape index (κ3) is 4.55. The van der Waals surface area contributed by atoms with Gasteiger partial charge in [0.2, 0.25) is 0 Å². The summed E-state index contributed by atoms with van der Waals surface area (Å²) in [5.41, 5.74) is -2.70. The molecule has 1 unspecified atom stereocenters. The van der Waals surface area contributed by atoms with Crippen LogP contribution in [-0.2, 0) is 23.6 Å². The molecule has 0 fully saturated rings. The zero-order chi connectivity index (χ0) is 27.3. The first-order chi connectivity index (χ1) is 17.9. The maximum atomic E-state index is 13.8. The fourth-order valence-corrected chi connectivity index (χ4v) is 9.34. The summed E-state index contributed by atoms with van der Waals surface area (Å²) in [4.78, 5) is 1.30. The number of alkyl halides is 3. The van der Waals surface area contributed by atoms with Gasteiger partial charge in [0.1, 0.15) is 21.8 Å². The molecule has 1 atom stereocenters. The van der Waals surface area contributed by atoms with Gasteiger partial charge in [-0.05, 0) is 62.4 Å². The minimum Gasteiger partial charge on any atom is -0.481 e. The molecule has 0 saturated carbocycles. The summed E-state index contributed by atoms with van der Waals surface area (Å²) >= 11 is 5.75. The molecule has 1 aliphatic carbocycles. The SMILES string of the molecule is Cc1ccc([S+](OS(=O)(=O)C(F)(F)F)(=C2C=CC3Oc4ccccc4C(=S)C3=C2)c2ccc(C)cc2)cc1. The number of hydrogen-bond acceptors (Lipinski definition) is 5. The Hall–Kier alpha value is -3.05. The van der Waals surface area contributed by atoms with Gasteiger partial charge >= 0.3 is 15.6 Å². The van der Waals surface area contributed by atoms with Crippen molar-refractivity contribution in [3.8, 4) is 5.75 Å². The molecule has 1 heterocycles. The minimum atomic E-state index is -6.02. The molecule has 0 bridgehead atoms. The van der Waals surface area contributed by atoms with Gasteiger partial charge in [-0.1, -0.05) is 63.4 Å². The van der Waals surface area contributed by atoms with E-state index in [9.17, 15) is 21.6 Å². The van der Waals surface area contributed by atoms with Gasteiger partial charge in [-0.25, -0.2) is 0 Å². The van der Waals surface area contributed by atoms with Gasteiger partial charge in [0.15, 0.2) is 14.7 Å². The average molecular weight is 576 g/mol. The predicted molar refractivity (Wildman–Crippen MR) is 147 cm³/mol. The molecule has 1 aliphatic heterocycles. The standard InChI is InChI=1S/C28H22F3O4S3/c1-18-7-11-20(12-8-18)37(21-13-9-19(2)10-14-21,35-38(32,33)28(29,30)31)22-15-16-26-24(17-22)27(36)23-5-3-4-6-25(23)34-26/h3-17,26H,1-2H3/q+1. The molecule has 4 nitrogen and oxygen atoms in total. The monoisotopic (exact) mass is 575 g/mol. The fourth-order valence-electron chi connectivity index (χ4n) is 4.25. The lowest BCUT2D eigenvalue weighted by atomic mass is 9.92. The first-order valence-electron chi connectivity index (χ1n) is 11.5. The van der Waals surface area contributed by atoms with E-state index < -0.39 is 31.6 Å². The smallest absolute Gasteiger partial charge is 0.481 e. The van der Waals surface area contributed by atoms with E-state index in [0.717, 1.165) is 11.1 Å². The van der Waals surface area contributed by atoms with Gasteiger partial charge in [-0.15, -0.1) is 0 Å². The lowest BCUT2D eigenvalue weighted by Crippen LogP contribution is -2.37. The summed E-state index contributed by atoms with van der Waals surface area (Å²) in [7, 11) is -9.47. The van der Waals surface area contributed by atoms with Gasteiger partial charge in [0.25, 0.3) is 0 Å². The van der Waals surface area contributed by atoms with E-state index in [4.69, 9.17) is 20.6 Å². The van der Waals surface area contributed by atoms with E-state index in [1.165, 1.54) is 0 Å². The molecular formula is C28H22F3O4S3+. The Morgan fingerprint density at radius 2 is 1.45 bits per heavy atom.